The minimum Gasteiger partial charge on any atom is -0.474 e. The molecule has 0 saturated carbocycles. The van der Waals surface area contributed by atoms with E-state index in [4.69, 9.17) is 5.11 Å². The number of carboxylic acids is 1. The number of aliphatic carboxylic acids is 1. The van der Waals surface area contributed by atoms with Crippen LogP contribution in [0.1, 0.15) is 0 Å². The Hall–Kier alpha value is -1.92. The molecule has 0 aromatic rings. The van der Waals surface area contributed by atoms with Crippen LogP contribution in [0.4, 0.5) is 0 Å². The second kappa shape index (κ2) is 5.70. The van der Waals surface area contributed by atoms with Crippen molar-refractivity contribution in [2.24, 2.45) is 0 Å². The molecule has 0 atom stereocenters. The summed E-state index contributed by atoms with van der Waals surface area (Å²) in [6.07, 6.45) is 0.0824. The Bertz CT molecular complexity index is 237. The van der Waals surface area contributed by atoms with Crippen LogP contribution in [0.2, 0.25) is 0 Å². The Balaban J connectivity index is 3.46. The van der Waals surface area contributed by atoms with E-state index >= 15 is 0 Å². The Morgan fingerprint density at radius 1 is 1.15 bits per heavy atom. The van der Waals surface area contributed by atoms with Gasteiger partial charge in [-0.3, -0.25) is 14.4 Å². The van der Waals surface area contributed by atoms with Crippen LogP contribution in [0.3, 0.4) is 0 Å². The van der Waals surface area contributed by atoms with Crippen molar-refractivity contribution in [2.45, 2.75) is 0 Å². The van der Waals surface area contributed by atoms with Crippen LogP contribution in [0.25, 0.3) is 0 Å². The summed E-state index contributed by atoms with van der Waals surface area (Å²) in [5.41, 5.74) is 0. The van der Waals surface area contributed by atoms with Crippen LogP contribution >= 0.6 is 0 Å². The zero-order valence-electron chi connectivity index (χ0n) is 6.57. The topological polar surface area (TPSA) is 113 Å². The highest BCUT2D eigenvalue weighted by molar-refractivity contribution is 6.31. The Labute approximate surface area is 73.1 Å². The minimum atomic E-state index is -1.60. The van der Waals surface area contributed by atoms with E-state index < -0.39 is 17.8 Å². The number of carbonyl (C=O) groups is 4. The summed E-state index contributed by atoms with van der Waals surface area (Å²) in [6, 6.07) is 0. The molecule has 0 heterocycles. The molecule has 2 amide bonds. The number of hydrogen-bond acceptors (Lipinski definition) is 4. The molecule has 0 fully saturated rings. The third-order valence-corrected chi connectivity index (χ3v) is 1.01. The molecule has 7 heteroatoms. The fourth-order valence-electron chi connectivity index (χ4n) is 0.479. The summed E-state index contributed by atoms with van der Waals surface area (Å²) in [7, 11) is 0. The van der Waals surface area contributed by atoms with Crippen molar-refractivity contribution in [1.82, 2.24) is 10.6 Å². The van der Waals surface area contributed by atoms with Crippen molar-refractivity contribution in [2.75, 3.05) is 13.1 Å². The highest BCUT2D eigenvalue weighted by Gasteiger charge is 2.08. The van der Waals surface area contributed by atoms with Gasteiger partial charge in [-0.25, -0.2) is 4.79 Å². The molecule has 0 aliphatic heterocycles. The van der Waals surface area contributed by atoms with Gasteiger partial charge in [-0.15, -0.1) is 0 Å². The van der Waals surface area contributed by atoms with Crippen molar-refractivity contribution >= 4 is 24.1 Å². The monoisotopic (exact) mass is 188 g/mol. The van der Waals surface area contributed by atoms with Gasteiger partial charge in [-0.1, -0.05) is 0 Å². The first kappa shape index (κ1) is 11.1. The summed E-state index contributed by atoms with van der Waals surface area (Å²) in [5.74, 6) is -3.56. The Kier molecular flexibility index (Phi) is 4.85. The first-order valence-electron chi connectivity index (χ1n) is 3.32. The van der Waals surface area contributed by atoms with Crippen LogP contribution in [0.5, 0.6) is 0 Å². The summed E-state index contributed by atoms with van der Waals surface area (Å²) < 4.78 is 0. The van der Waals surface area contributed by atoms with Crippen LogP contribution < -0.4 is 10.6 Å². The predicted octanol–water partition coefficient (Wildman–Crippen LogP) is -2.50. The van der Waals surface area contributed by atoms with Crippen molar-refractivity contribution in [3.63, 3.8) is 0 Å². The molecular formula is C6H8N2O5. The first-order chi connectivity index (χ1) is 6.07. The number of hydrogen-bond donors (Lipinski definition) is 3. The maximum Gasteiger partial charge on any atom is 0.394 e. The van der Waals surface area contributed by atoms with E-state index in [2.05, 4.69) is 5.32 Å². The minimum absolute atomic E-state index is 0.0105. The van der Waals surface area contributed by atoms with Gasteiger partial charge in [0.2, 0.25) is 6.29 Å². The molecule has 7 nitrogen and oxygen atoms in total. The molecule has 0 unspecified atom stereocenters. The number of carboxylic acid groups (broad SMARTS) is 1. The number of nitrogens with one attached hydrogen (secondary N) is 2. The van der Waals surface area contributed by atoms with Gasteiger partial charge in [-0.2, -0.15) is 0 Å². The Morgan fingerprint density at radius 2 is 1.69 bits per heavy atom. The molecular weight excluding hydrogens is 180 g/mol. The molecule has 0 aliphatic rings. The van der Waals surface area contributed by atoms with Crippen molar-refractivity contribution in [1.29, 1.82) is 0 Å². The largest absolute Gasteiger partial charge is 0.474 e. The van der Waals surface area contributed by atoms with Gasteiger partial charge in [0.25, 0.3) is 5.91 Å². The fraction of sp³-hybridized carbons (Fsp3) is 0.333. The zero-order chi connectivity index (χ0) is 10.3. The van der Waals surface area contributed by atoms with E-state index in [9.17, 15) is 19.2 Å². The summed E-state index contributed by atoms with van der Waals surface area (Å²) in [5, 5.41) is 12.2. The van der Waals surface area contributed by atoms with Crippen molar-refractivity contribution in [3.05, 3.63) is 0 Å². The van der Waals surface area contributed by atoms with E-state index in [0.29, 0.717) is 0 Å². The first-order valence-corrected chi connectivity index (χ1v) is 3.32. The Morgan fingerprint density at radius 3 is 2.15 bits per heavy atom. The molecule has 0 saturated heterocycles. The van der Waals surface area contributed by atoms with Gasteiger partial charge in [0, 0.05) is 13.1 Å². The van der Waals surface area contributed by atoms with E-state index in [1.54, 1.807) is 0 Å². The molecule has 0 radical (unpaired) electrons. The normalized spacial score (nSPS) is 8.62. The van der Waals surface area contributed by atoms with Gasteiger partial charge in [-0.05, 0) is 0 Å². The second-order valence-electron chi connectivity index (χ2n) is 1.97. The van der Waals surface area contributed by atoms with Crippen LogP contribution in [-0.4, -0.2) is 42.3 Å². The summed E-state index contributed by atoms with van der Waals surface area (Å²) >= 11 is 0. The quantitative estimate of drug-likeness (QED) is 0.256. The van der Waals surface area contributed by atoms with Crippen LogP contribution in [0, 0.1) is 0 Å². The van der Waals surface area contributed by atoms with Gasteiger partial charge in [0.15, 0.2) is 0 Å². The SMILES string of the molecule is O=CC(=O)NCCNC(=O)C(=O)O. The summed E-state index contributed by atoms with van der Waals surface area (Å²) in [4.78, 5) is 40.3. The van der Waals surface area contributed by atoms with E-state index in [1.807, 2.05) is 5.32 Å². The third-order valence-electron chi connectivity index (χ3n) is 1.01. The highest BCUT2D eigenvalue weighted by atomic mass is 16.4. The molecule has 0 rings (SSSR count). The maximum atomic E-state index is 10.4. The molecule has 0 spiro atoms. The summed E-state index contributed by atoms with van der Waals surface area (Å²) in [6.45, 7) is -0.0265. The number of carbonyl (C=O) groups excluding carboxylic acids is 3. The lowest BCUT2D eigenvalue weighted by Crippen LogP contribution is -2.37. The number of amides is 2. The average Bonchev–Trinajstić information content (AvgIpc) is 2.11. The predicted molar refractivity (Wildman–Crippen MR) is 39.7 cm³/mol. The van der Waals surface area contributed by atoms with Crippen molar-refractivity contribution < 1.29 is 24.3 Å². The molecule has 0 bridgehead atoms. The lowest BCUT2D eigenvalue weighted by Gasteiger charge is -2.01. The second-order valence-corrected chi connectivity index (χ2v) is 1.97. The van der Waals surface area contributed by atoms with Crippen LogP contribution in [-0.2, 0) is 19.2 Å². The van der Waals surface area contributed by atoms with Gasteiger partial charge in [0.05, 0.1) is 0 Å². The smallest absolute Gasteiger partial charge is 0.394 e. The van der Waals surface area contributed by atoms with E-state index in [-0.39, 0.29) is 19.4 Å². The number of rotatable bonds is 4. The average molecular weight is 188 g/mol. The maximum absolute atomic E-state index is 10.4. The van der Waals surface area contributed by atoms with Gasteiger partial charge in [0.1, 0.15) is 0 Å². The molecule has 0 aliphatic carbocycles. The fourth-order valence-corrected chi connectivity index (χ4v) is 0.479. The standard InChI is InChI=1S/C6H8N2O5/c9-3-4(10)7-1-2-8-5(11)6(12)13/h3H,1-2H2,(H,7,10)(H,8,11)(H,12,13). The lowest BCUT2D eigenvalue weighted by atomic mass is 10.5. The van der Waals surface area contributed by atoms with Crippen LogP contribution in [0.15, 0.2) is 0 Å². The molecule has 0 aromatic carbocycles. The molecule has 72 valence electrons. The van der Waals surface area contributed by atoms with Crippen molar-refractivity contribution in [3.8, 4) is 0 Å². The molecule has 0 aromatic heterocycles. The number of aldehydes is 1. The zero-order valence-corrected chi connectivity index (χ0v) is 6.57. The lowest BCUT2D eigenvalue weighted by molar-refractivity contribution is -0.150. The third kappa shape index (κ3) is 5.36. The highest BCUT2D eigenvalue weighted by Crippen LogP contribution is 1.65. The molecule has 3 N–H and O–H groups in total. The van der Waals surface area contributed by atoms with E-state index in [1.165, 1.54) is 0 Å². The van der Waals surface area contributed by atoms with Gasteiger partial charge < -0.3 is 15.7 Å². The van der Waals surface area contributed by atoms with Gasteiger partial charge >= 0.3 is 11.9 Å². The van der Waals surface area contributed by atoms with E-state index in [0.717, 1.165) is 0 Å². The molecule has 13 heavy (non-hydrogen) atoms.